The van der Waals surface area contributed by atoms with Gasteiger partial charge in [-0.1, -0.05) is 45.0 Å². The first-order chi connectivity index (χ1) is 9.14. The maximum absolute atomic E-state index is 11.9. The van der Waals surface area contributed by atoms with E-state index >= 15 is 0 Å². The van der Waals surface area contributed by atoms with E-state index < -0.39 is 0 Å². The first kappa shape index (κ1) is 16.7. The van der Waals surface area contributed by atoms with Crippen molar-refractivity contribution in [2.24, 2.45) is 5.73 Å². The maximum Gasteiger partial charge on any atom is 0.220 e. The highest BCUT2D eigenvalue weighted by atomic mass is 16.1. The second-order valence-electron chi connectivity index (χ2n) is 7.08. The summed E-state index contributed by atoms with van der Waals surface area (Å²) in [7, 11) is 0. The molecule has 0 radical (unpaired) electrons. The van der Waals surface area contributed by atoms with Gasteiger partial charge in [0, 0.05) is 18.5 Å². The molecule has 112 valence electrons. The number of amides is 1. The third-order valence-corrected chi connectivity index (χ3v) is 3.45. The van der Waals surface area contributed by atoms with E-state index in [4.69, 9.17) is 5.73 Å². The van der Waals surface area contributed by atoms with Gasteiger partial charge in [-0.05, 0) is 36.8 Å². The van der Waals surface area contributed by atoms with Crippen LogP contribution in [-0.2, 0) is 16.6 Å². The summed E-state index contributed by atoms with van der Waals surface area (Å²) in [6.45, 7) is 10.9. The second kappa shape index (κ2) is 6.40. The molecule has 0 unspecified atom stereocenters. The first-order valence-corrected chi connectivity index (χ1v) is 7.24. The summed E-state index contributed by atoms with van der Waals surface area (Å²) < 4.78 is 0. The van der Waals surface area contributed by atoms with Crippen molar-refractivity contribution in [2.45, 2.75) is 58.4 Å². The molecule has 0 aromatic heterocycles. The van der Waals surface area contributed by atoms with Gasteiger partial charge >= 0.3 is 0 Å². The van der Waals surface area contributed by atoms with Gasteiger partial charge in [-0.2, -0.15) is 0 Å². The highest BCUT2D eigenvalue weighted by Gasteiger charge is 2.18. The summed E-state index contributed by atoms with van der Waals surface area (Å²) in [5, 5.41) is 2.95. The van der Waals surface area contributed by atoms with Crippen molar-refractivity contribution < 1.29 is 4.79 Å². The Morgan fingerprint density at radius 2 is 1.65 bits per heavy atom. The summed E-state index contributed by atoms with van der Waals surface area (Å²) in [5.41, 5.74) is 7.95. The molecule has 0 spiro atoms. The quantitative estimate of drug-likeness (QED) is 0.869. The molecule has 0 bridgehead atoms. The summed E-state index contributed by atoms with van der Waals surface area (Å²) in [4.78, 5) is 11.9. The Kier molecular flexibility index (Phi) is 5.35. The fourth-order valence-corrected chi connectivity index (χ4v) is 1.92. The number of aryl methyl sites for hydroxylation is 1. The molecule has 1 aromatic rings. The zero-order valence-corrected chi connectivity index (χ0v) is 13.4. The monoisotopic (exact) mass is 276 g/mol. The highest BCUT2D eigenvalue weighted by molar-refractivity contribution is 5.77. The van der Waals surface area contributed by atoms with Crippen LogP contribution in [0.25, 0.3) is 0 Å². The molecule has 0 fully saturated rings. The second-order valence-corrected chi connectivity index (χ2v) is 7.08. The van der Waals surface area contributed by atoms with Crippen LogP contribution in [0.2, 0.25) is 0 Å². The molecule has 0 atom stereocenters. The van der Waals surface area contributed by atoms with Gasteiger partial charge in [0.2, 0.25) is 5.91 Å². The lowest BCUT2D eigenvalue weighted by atomic mass is 9.86. The van der Waals surface area contributed by atoms with Gasteiger partial charge in [-0.3, -0.25) is 4.79 Å². The van der Waals surface area contributed by atoms with Crippen molar-refractivity contribution >= 4 is 5.91 Å². The van der Waals surface area contributed by atoms with Crippen LogP contribution >= 0.6 is 0 Å². The molecule has 3 nitrogen and oxygen atoms in total. The Morgan fingerprint density at radius 3 is 2.10 bits per heavy atom. The van der Waals surface area contributed by atoms with Crippen LogP contribution in [0.15, 0.2) is 24.3 Å². The third kappa shape index (κ3) is 5.33. The van der Waals surface area contributed by atoms with Crippen LogP contribution < -0.4 is 11.1 Å². The minimum absolute atomic E-state index is 0.0559. The van der Waals surface area contributed by atoms with Crippen molar-refractivity contribution in [2.75, 3.05) is 6.54 Å². The normalized spacial score (nSPS) is 12.3. The molecule has 0 aliphatic heterocycles. The zero-order valence-electron chi connectivity index (χ0n) is 13.4. The van der Waals surface area contributed by atoms with Gasteiger partial charge in [0.25, 0.3) is 0 Å². The minimum Gasteiger partial charge on any atom is -0.350 e. The summed E-state index contributed by atoms with van der Waals surface area (Å²) in [5.74, 6) is 0.0559. The average Bonchev–Trinajstić information content (AvgIpc) is 2.35. The molecule has 1 rings (SSSR count). The van der Waals surface area contributed by atoms with Crippen LogP contribution in [0.3, 0.4) is 0 Å². The molecule has 0 aliphatic rings. The largest absolute Gasteiger partial charge is 0.350 e. The summed E-state index contributed by atoms with van der Waals surface area (Å²) in [6, 6.07) is 8.53. The smallest absolute Gasteiger partial charge is 0.220 e. The molecule has 0 saturated carbocycles. The van der Waals surface area contributed by atoms with E-state index in [1.165, 1.54) is 11.1 Å². The number of carbonyl (C=O) groups is 1. The Morgan fingerprint density at radius 1 is 1.10 bits per heavy atom. The van der Waals surface area contributed by atoms with Crippen LogP contribution in [-0.4, -0.2) is 18.0 Å². The van der Waals surface area contributed by atoms with E-state index in [1.807, 2.05) is 13.8 Å². The fraction of sp³-hybridized carbons (Fsp3) is 0.588. The number of hydrogen-bond acceptors (Lipinski definition) is 2. The molecule has 1 aromatic carbocycles. The van der Waals surface area contributed by atoms with Crippen LogP contribution in [0.1, 0.15) is 52.2 Å². The van der Waals surface area contributed by atoms with Gasteiger partial charge in [-0.15, -0.1) is 0 Å². The molecule has 3 N–H and O–H groups in total. The van der Waals surface area contributed by atoms with Crippen molar-refractivity contribution in [1.82, 2.24) is 5.32 Å². The number of carbonyl (C=O) groups excluding carboxylic acids is 1. The number of rotatable bonds is 5. The van der Waals surface area contributed by atoms with E-state index in [9.17, 15) is 4.79 Å². The molecular weight excluding hydrogens is 248 g/mol. The number of benzene rings is 1. The van der Waals surface area contributed by atoms with E-state index in [0.29, 0.717) is 13.0 Å². The SMILES string of the molecule is CC(C)(CN)NC(=O)CCc1ccc(C(C)(C)C)cc1. The van der Waals surface area contributed by atoms with Gasteiger partial charge < -0.3 is 11.1 Å². The van der Waals surface area contributed by atoms with Crippen molar-refractivity contribution in [3.05, 3.63) is 35.4 Å². The zero-order chi connectivity index (χ0) is 15.4. The fourth-order valence-electron chi connectivity index (χ4n) is 1.92. The predicted octanol–water partition coefficient (Wildman–Crippen LogP) is 2.77. The molecule has 1 amide bonds. The highest BCUT2D eigenvalue weighted by Crippen LogP contribution is 2.22. The third-order valence-electron chi connectivity index (χ3n) is 3.45. The van der Waals surface area contributed by atoms with E-state index in [-0.39, 0.29) is 16.9 Å². The Hall–Kier alpha value is -1.35. The van der Waals surface area contributed by atoms with Gasteiger partial charge in [-0.25, -0.2) is 0 Å². The Labute approximate surface area is 122 Å². The lowest BCUT2D eigenvalue weighted by molar-refractivity contribution is -0.122. The molecule has 20 heavy (non-hydrogen) atoms. The lowest BCUT2D eigenvalue weighted by Crippen LogP contribution is -2.48. The molecule has 0 saturated heterocycles. The van der Waals surface area contributed by atoms with Crippen molar-refractivity contribution in [1.29, 1.82) is 0 Å². The van der Waals surface area contributed by atoms with E-state index in [1.54, 1.807) is 0 Å². The topological polar surface area (TPSA) is 55.1 Å². The van der Waals surface area contributed by atoms with Crippen molar-refractivity contribution in [3.8, 4) is 0 Å². The van der Waals surface area contributed by atoms with Crippen LogP contribution in [0, 0.1) is 0 Å². The van der Waals surface area contributed by atoms with Gasteiger partial charge in [0.1, 0.15) is 0 Å². The molecule has 0 aliphatic carbocycles. The number of hydrogen-bond donors (Lipinski definition) is 2. The summed E-state index contributed by atoms with van der Waals surface area (Å²) in [6.07, 6.45) is 1.26. The van der Waals surface area contributed by atoms with E-state index in [2.05, 4.69) is 50.4 Å². The van der Waals surface area contributed by atoms with Crippen LogP contribution in [0.5, 0.6) is 0 Å². The average molecular weight is 276 g/mol. The Bertz CT molecular complexity index is 441. The summed E-state index contributed by atoms with van der Waals surface area (Å²) >= 11 is 0. The Balaban J connectivity index is 2.52. The maximum atomic E-state index is 11.9. The number of nitrogens with one attached hydrogen (secondary N) is 1. The minimum atomic E-state index is -0.326. The predicted molar refractivity (Wildman–Crippen MR) is 84.7 cm³/mol. The molecule has 0 heterocycles. The first-order valence-electron chi connectivity index (χ1n) is 7.24. The van der Waals surface area contributed by atoms with Gasteiger partial charge in [0.05, 0.1) is 0 Å². The standard InChI is InChI=1S/C17H28N2O/c1-16(2,3)14-9-6-13(7-10-14)8-11-15(20)19-17(4,5)12-18/h6-7,9-10H,8,11-12,18H2,1-5H3,(H,19,20). The van der Waals surface area contributed by atoms with Crippen molar-refractivity contribution in [3.63, 3.8) is 0 Å². The van der Waals surface area contributed by atoms with Gasteiger partial charge in [0.15, 0.2) is 0 Å². The molecular formula is C17H28N2O. The molecule has 3 heteroatoms. The number of nitrogens with two attached hydrogens (primary N) is 1. The van der Waals surface area contributed by atoms with E-state index in [0.717, 1.165) is 6.42 Å². The lowest BCUT2D eigenvalue weighted by Gasteiger charge is -2.24. The van der Waals surface area contributed by atoms with Crippen LogP contribution in [0.4, 0.5) is 0 Å².